The highest BCUT2D eigenvalue weighted by Crippen LogP contribution is 2.28. The van der Waals surface area contributed by atoms with Crippen molar-refractivity contribution in [2.24, 2.45) is 0 Å². The number of hydrogen-bond acceptors (Lipinski definition) is 3. The molecule has 0 atom stereocenters. The number of para-hydroxylation sites is 3. The Morgan fingerprint density at radius 1 is 1.14 bits per heavy atom. The average Bonchev–Trinajstić information content (AvgIpc) is 3.03. The molecule has 106 valence electrons. The van der Waals surface area contributed by atoms with Crippen molar-refractivity contribution in [1.82, 2.24) is 9.55 Å². The van der Waals surface area contributed by atoms with Crippen LogP contribution in [0.5, 0.6) is 5.75 Å². The first-order chi connectivity index (χ1) is 10.3. The fraction of sp³-hybridized carbons (Fsp3) is 0.0625. The number of phenols is 1. The van der Waals surface area contributed by atoms with Crippen molar-refractivity contribution in [3.8, 4) is 11.4 Å². The van der Waals surface area contributed by atoms with Crippen LogP contribution in [-0.2, 0) is 6.54 Å². The molecule has 0 saturated carbocycles. The molecule has 4 nitrogen and oxygen atoms in total. The monoisotopic (exact) mass is 343 g/mol. The van der Waals surface area contributed by atoms with Crippen LogP contribution in [0.3, 0.4) is 0 Å². The standard InChI is InChI=1S/C16H14BrN3O/c17-13-5-3-4-12(16(13)21)10-19-14-6-1-2-7-15(14)20-9-8-18-11-20/h1-9,11,19,21H,10H2. The maximum absolute atomic E-state index is 10.0. The SMILES string of the molecule is Oc1c(Br)cccc1CNc1ccccc1-n1ccnc1. The van der Waals surface area contributed by atoms with Crippen LogP contribution in [0.1, 0.15) is 5.56 Å². The number of imidazole rings is 1. The summed E-state index contributed by atoms with van der Waals surface area (Å²) in [6.07, 6.45) is 5.41. The van der Waals surface area contributed by atoms with Crippen molar-refractivity contribution in [3.05, 3.63) is 71.2 Å². The smallest absolute Gasteiger partial charge is 0.134 e. The Hall–Kier alpha value is -2.27. The minimum Gasteiger partial charge on any atom is -0.506 e. The van der Waals surface area contributed by atoms with Crippen LogP contribution in [-0.4, -0.2) is 14.7 Å². The third kappa shape index (κ3) is 2.92. The van der Waals surface area contributed by atoms with E-state index in [4.69, 9.17) is 0 Å². The van der Waals surface area contributed by atoms with Gasteiger partial charge in [-0.1, -0.05) is 24.3 Å². The number of aromatic nitrogens is 2. The fourth-order valence-corrected chi connectivity index (χ4v) is 2.55. The molecule has 1 aromatic heterocycles. The molecule has 0 aliphatic carbocycles. The predicted molar refractivity (Wildman–Crippen MR) is 86.7 cm³/mol. The summed E-state index contributed by atoms with van der Waals surface area (Å²) >= 11 is 3.33. The highest BCUT2D eigenvalue weighted by Gasteiger charge is 2.07. The molecule has 0 fully saturated rings. The number of rotatable bonds is 4. The number of halogens is 1. The molecule has 3 aromatic rings. The summed E-state index contributed by atoms with van der Waals surface area (Å²) in [6, 6.07) is 13.6. The van der Waals surface area contributed by atoms with Gasteiger partial charge in [-0.3, -0.25) is 0 Å². The van der Waals surface area contributed by atoms with E-state index in [0.29, 0.717) is 11.0 Å². The van der Waals surface area contributed by atoms with Gasteiger partial charge in [0.05, 0.1) is 22.2 Å². The highest BCUT2D eigenvalue weighted by molar-refractivity contribution is 9.10. The first-order valence-electron chi connectivity index (χ1n) is 6.53. The van der Waals surface area contributed by atoms with Crippen molar-refractivity contribution in [2.45, 2.75) is 6.54 Å². The molecule has 1 heterocycles. The summed E-state index contributed by atoms with van der Waals surface area (Å²) in [5, 5.41) is 13.4. The lowest BCUT2D eigenvalue weighted by Crippen LogP contribution is -2.03. The van der Waals surface area contributed by atoms with Crippen LogP contribution in [0.4, 0.5) is 5.69 Å². The second-order valence-electron chi connectivity index (χ2n) is 4.59. The Labute approximate surface area is 131 Å². The summed E-state index contributed by atoms with van der Waals surface area (Å²) in [6.45, 7) is 0.539. The third-order valence-electron chi connectivity index (χ3n) is 3.23. The van der Waals surface area contributed by atoms with E-state index >= 15 is 0 Å². The van der Waals surface area contributed by atoms with Gasteiger partial charge in [0.2, 0.25) is 0 Å². The second-order valence-corrected chi connectivity index (χ2v) is 5.44. The van der Waals surface area contributed by atoms with Crippen molar-refractivity contribution < 1.29 is 5.11 Å². The summed E-state index contributed by atoms with van der Waals surface area (Å²) < 4.78 is 2.65. The topological polar surface area (TPSA) is 50.1 Å². The fourth-order valence-electron chi connectivity index (χ4n) is 2.14. The molecule has 0 unspecified atom stereocenters. The second kappa shape index (κ2) is 6.01. The Bertz CT molecular complexity index is 741. The van der Waals surface area contributed by atoms with E-state index in [2.05, 4.69) is 26.2 Å². The van der Waals surface area contributed by atoms with Gasteiger partial charge in [0.1, 0.15) is 5.75 Å². The maximum Gasteiger partial charge on any atom is 0.134 e. The molecule has 0 saturated heterocycles. The van der Waals surface area contributed by atoms with Gasteiger partial charge in [0.15, 0.2) is 0 Å². The van der Waals surface area contributed by atoms with Gasteiger partial charge in [-0.05, 0) is 34.1 Å². The van der Waals surface area contributed by atoms with Gasteiger partial charge < -0.3 is 15.0 Å². The zero-order valence-corrected chi connectivity index (χ0v) is 12.8. The predicted octanol–water partition coefficient (Wildman–Crippen LogP) is 3.95. The number of phenolic OH excluding ortho intramolecular Hbond substituents is 1. The van der Waals surface area contributed by atoms with Crippen molar-refractivity contribution in [1.29, 1.82) is 0 Å². The Morgan fingerprint density at radius 2 is 2.00 bits per heavy atom. The molecule has 5 heteroatoms. The van der Waals surface area contributed by atoms with Gasteiger partial charge in [0, 0.05) is 24.5 Å². The van der Waals surface area contributed by atoms with E-state index in [-0.39, 0.29) is 5.75 Å². The third-order valence-corrected chi connectivity index (χ3v) is 3.87. The van der Waals surface area contributed by atoms with Gasteiger partial charge in [0.25, 0.3) is 0 Å². The van der Waals surface area contributed by atoms with Gasteiger partial charge >= 0.3 is 0 Å². The molecule has 0 bridgehead atoms. The average molecular weight is 344 g/mol. The van der Waals surface area contributed by atoms with E-state index in [9.17, 15) is 5.11 Å². The largest absolute Gasteiger partial charge is 0.506 e. The van der Waals surface area contributed by atoms with Crippen molar-refractivity contribution >= 4 is 21.6 Å². The molecule has 21 heavy (non-hydrogen) atoms. The van der Waals surface area contributed by atoms with Crippen LogP contribution in [0.25, 0.3) is 5.69 Å². The first-order valence-corrected chi connectivity index (χ1v) is 7.32. The van der Waals surface area contributed by atoms with Crippen molar-refractivity contribution in [3.63, 3.8) is 0 Å². The molecule has 2 N–H and O–H groups in total. The van der Waals surface area contributed by atoms with Crippen LogP contribution in [0.2, 0.25) is 0 Å². The van der Waals surface area contributed by atoms with E-state index in [0.717, 1.165) is 16.9 Å². The summed E-state index contributed by atoms with van der Waals surface area (Å²) in [5.41, 5.74) is 2.84. The zero-order chi connectivity index (χ0) is 14.7. The Balaban J connectivity index is 1.85. The molecule has 0 aliphatic heterocycles. The molecule has 0 radical (unpaired) electrons. The van der Waals surface area contributed by atoms with Crippen LogP contribution in [0.15, 0.2) is 65.7 Å². The summed E-state index contributed by atoms with van der Waals surface area (Å²) in [5.74, 6) is 0.269. The molecule has 0 aliphatic rings. The van der Waals surface area contributed by atoms with Crippen LogP contribution in [0, 0.1) is 0 Å². The molecule has 3 rings (SSSR count). The van der Waals surface area contributed by atoms with Gasteiger partial charge in [-0.25, -0.2) is 4.98 Å². The van der Waals surface area contributed by atoms with Crippen LogP contribution >= 0.6 is 15.9 Å². The first kappa shape index (κ1) is 13.7. The van der Waals surface area contributed by atoms with E-state index in [1.807, 2.05) is 53.2 Å². The number of hydrogen-bond donors (Lipinski definition) is 2. The lowest BCUT2D eigenvalue weighted by atomic mass is 10.2. The number of aromatic hydroxyl groups is 1. The molecular formula is C16H14BrN3O. The molecule has 0 spiro atoms. The molecular weight excluding hydrogens is 330 g/mol. The molecule has 0 amide bonds. The number of nitrogens with one attached hydrogen (secondary N) is 1. The summed E-state index contributed by atoms with van der Waals surface area (Å²) in [7, 11) is 0. The van der Waals surface area contributed by atoms with E-state index in [1.54, 1.807) is 12.5 Å². The minimum absolute atomic E-state index is 0.269. The maximum atomic E-state index is 10.0. The van der Waals surface area contributed by atoms with Crippen LogP contribution < -0.4 is 5.32 Å². The Morgan fingerprint density at radius 3 is 2.81 bits per heavy atom. The highest BCUT2D eigenvalue weighted by atomic mass is 79.9. The summed E-state index contributed by atoms with van der Waals surface area (Å²) in [4.78, 5) is 4.07. The number of nitrogens with zero attached hydrogens (tertiary/aromatic N) is 2. The lowest BCUT2D eigenvalue weighted by molar-refractivity contribution is 0.465. The van der Waals surface area contributed by atoms with Crippen molar-refractivity contribution in [2.75, 3.05) is 5.32 Å². The lowest BCUT2D eigenvalue weighted by Gasteiger charge is -2.13. The Kier molecular flexibility index (Phi) is 3.92. The number of anilines is 1. The molecule has 2 aromatic carbocycles. The normalized spacial score (nSPS) is 10.5. The van der Waals surface area contributed by atoms with E-state index in [1.165, 1.54) is 0 Å². The van der Waals surface area contributed by atoms with Gasteiger partial charge in [-0.2, -0.15) is 0 Å². The zero-order valence-electron chi connectivity index (χ0n) is 11.2. The van der Waals surface area contributed by atoms with Gasteiger partial charge in [-0.15, -0.1) is 0 Å². The minimum atomic E-state index is 0.269. The van der Waals surface area contributed by atoms with E-state index < -0.39 is 0 Å². The quantitative estimate of drug-likeness (QED) is 0.753. The number of benzene rings is 2.